The van der Waals surface area contributed by atoms with Crippen molar-refractivity contribution >= 4 is 29.5 Å². The molecule has 7 nitrogen and oxygen atoms in total. The van der Waals surface area contributed by atoms with Crippen LogP contribution in [0.1, 0.15) is 12.0 Å². The van der Waals surface area contributed by atoms with Crippen LogP contribution in [0.4, 0.5) is 0 Å². The molecule has 5 N–H and O–H groups in total. The number of hydrogen-bond acceptors (Lipinski definition) is 5. The Hall–Kier alpha value is -2.06. The van der Waals surface area contributed by atoms with Gasteiger partial charge in [0.1, 0.15) is 12.1 Å². The number of carboxylic acid groups (broad SMARTS) is 1. The lowest BCUT2D eigenvalue weighted by atomic mass is 10.1. The molecule has 0 aliphatic carbocycles. The number of carboxylic acids is 1. The topological polar surface area (TPSA) is 122 Å². The molecule has 1 aromatic carbocycles. The van der Waals surface area contributed by atoms with Crippen molar-refractivity contribution < 1.29 is 19.5 Å². The first-order chi connectivity index (χ1) is 11.5. The maximum Gasteiger partial charge on any atom is 0.326 e. The highest BCUT2D eigenvalue weighted by molar-refractivity contribution is 7.98. The maximum absolute atomic E-state index is 12.4. The van der Waals surface area contributed by atoms with E-state index in [9.17, 15) is 19.5 Å². The average Bonchev–Trinajstić information content (AvgIpc) is 2.58. The van der Waals surface area contributed by atoms with Gasteiger partial charge in [-0.1, -0.05) is 30.3 Å². The van der Waals surface area contributed by atoms with Gasteiger partial charge < -0.3 is 21.5 Å². The van der Waals surface area contributed by atoms with E-state index < -0.39 is 29.9 Å². The molecule has 2 atom stereocenters. The van der Waals surface area contributed by atoms with Crippen LogP contribution in [0.25, 0.3) is 0 Å². The van der Waals surface area contributed by atoms with Crippen molar-refractivity contribution in [3.63, 3.8) is 0 Å². The lowest BCUT2D eigenvalue weighted by molar-refractivity contribution is -0.142. The molecule has 0 fully saturated rings. The van der Waals surface area contributed by atoms with Crippen molar-refractivity contribution in [2.75, 3.05) is 18.6 Å². The van der Waals surface area contributed by atoms with Gasteiger partial charge in [0.15, 0.2) is 0 Å². The summed E-state index contributed by atoms with van der Waals surface area (Å²) in [6, 6.07) is 7.17. The molecule has 0 spiro atoms. The van der Waals surface area contributed by atoms with Gasteiger partial charge in [-0.2, -0.15) is 11.8 Å². The molecule has 0 saturated carbocycles. The number of carbonyl (C=O) groups excluding carboxylic acids is 2. The number of rotatable bonds is 10. The van der Waals surface area contributed by atoms with E-state index in [-0.39, 0.29) is 13.0 Å². The molecule has 0 radical (unpaired) electrons. The molecular formula is C16H23N3O4S. The Morgan fingerprint density at radius 3 is 2.38 bits per heavy atom. The predicted octanol–water partition coefficient (Wildman–Crippen LogP) is -0.00490. The Bertz CT molecular complexity index is 554. The van der Waals surface area contributed by atoms with Crippen LogP contribution in [0, 0.1) is 0 Å². The zero-order chi connectivity index (χ0) is 17.9. The number of thioether (sulfide) groups is 1. The molecule has 2 amide bonds. The van der Waals surface area contributed by atoms with Crippen molar-refractivity contribution in [2.24, 2.45) is 5.73 Å². The summed E-state index contributed by atoms with van der Waals surface area (Å²) >= 11 is 1.53. The molecular weight excluding hydrogens is 330 g/mol. The number of benzene rings is 1. The van der Waals surface area contributed by atoms with E-state index in [0.717, 1.165) is 5.56 Å². The van der Waals surface area contributed by atoms with Crippen molar-refractivity contribution in [3.05, 3.63) is 35.9 Å². The van der Waals surface area contributed by atoms with Crippen LogP contribution in [-0.4, -0.2) is 53.5 Å². The zero-order valence-electron chi connectivity index (χ0n) is 13.5. The normalized spacial score (nSPS) is 12.9. The summed E-state index contributed by atoms with van der Waals surface area (Å²) in [4.78, 5) is 35.3. The Balaban J connectivity index is 2.75. The summed E-state index contributed by atoms with van der Waals surface area (Å²) in [5, 5.41) is 14.4. The van der Waals surface area contributed by atoms with Gasteiger partial charge >= 0.3 is 5.97 Å². The van der Waals surface area contributed by atoms with Crippen LogP contribution in [0.5, 0.6) is 0 Å². The summed E-state index contributed by atoms with van der Waals surface area (Å²) in [6.45, 7) is -0.227. The van der Waals surface area contributed by atoms with E-state index in [1.807, 2.05) is 12.3 Å². The SMILES string of the molecule is CSCCC(NC(=O)CN)C(=O)NC(Cc1ccccc1)C(=O)O. The van der Waals surface area contributed by atoms with Crippen LogP contribution in [0.3, 0.4) is 0 Å². The number of nitrogens with one attached hydrogen (secondary N) is 2. The third kappa shape index (κ3) is 7.01. The minimum atomic E-state index is -1.12. The Morgan fingerprint density at radius 2 is 1.83 bits per heavy atom. The van der Waals surface area contributed by atoms with E-state index in [4.69, 9.17) is 5.73 Å². The summed E-state index contributed by atoms with van der Waals surface area (Å²) < 4.78 is 0. The largest absolute Gasteiger partial charge is 0.480 e. The molecule has 132 valence electrons. The second-order valence-corrected chi connectivity index (χ2v) is 6.18. The van der Waals surface area contributed by atoms with Gasteiger partial charge in [-0.05, 0) is 24.0 Å². The number of nitrogens with two attached hydrogens (primary N) is 1. The minimum Gasteiger partial charge on any atom is -0.480 e. The Labute approximate surface area is 145 Å². The zero-order valence-corrected chi connectivity index (χ0v) is 14.3. The van der Waals surface area contributed by atoms with Crippen LogP contribution in [0.15, 0.2) is 30.3 Å². The van der Waals surface area contributed by atoms with Crippen molar-refractivity contribution in [1.29, 1.82) is 0 Å². The molecule has 24 heavy (non-hydrogen) atoms. The highest BCUT2D eigenvalue weighted by Crippen LogP contribution is 2.06. The molecule has 2 unspecified atom stereocenters. The first-order valence-electron chi connectivity index (χ1n) is 7.53. The number of hydrogen-bond donors (Lipinski definition) is 4. The predicted molar refractivity (Wildman–Crippen MR) is 93.7 cm³/mol. The fourth-order valence-electron chi connectivity index (χ4n) is 2.08. The van der Waals surface area contributed by atoms with Crippen LogP contribution in [0.2, 0.25) is 0 Å². The van der Waals surface area contributed by atoms with E-state index in [1.54, 1.807) is 24.3 Å². The number of amides is 2. The fraction of sp³-hybridized carbons (Fsp3) is 0.438. The van der Waals surface area contributed by atoms with Gasteiger partial charge in [0.05, 0.1) is 6.54 Å². The monoisotopic (exact) mass is 353 g/mol. The molecule has 8 heteroatoms. The van der Waals surface area contributed by atoms with Crippen LogP contribution >= 0.6 is 11.8 Å². The second-order valence-electron chi connectivity index (χ2n) is 5.19. The highest BCUT2D eigenvalue weighted by Gasteiger charge is 2.26. The summed E-state index contributed by atoms with van der Waals surface area (Å²) in [5.41, 5.74) is 6.06. The molecule has 0 aliphatic rings. The van der Waals surface area contributed by atoms with Crippen molar-refractivity contribution in [1.82, 2.24) is 10.6 Å². The maximum atomic E-state index is 12.4. The third-order valence-electron chi connectivity index (χ3n) is 3.34. The summed E-state index contributed by atoms with van der Waals surface area (Å²) in [6.07, 6.45) is 2.45. The fourth-order valence-corrected chi connectivity index (χ4v) is 2.55. The first kappa shape index (κ1) is 20.0. The quantitative estimate of drug-likeness (QED) is 0.470. The molecule has 0 heterocycles. The number of carbonyl (C=O) groups is 3. The third-order valence-corrected chi connectivity index (χ3v) is 3.99. The average molecular weight is 353 g/mol. The lowest BCUT2D eigenvalue weighted by Crippen LogP contribution is -2.53. The van der Waals surface area contributed by atoms with E-state index in [0.29, 0.717) is 12.2 Å². The summed E-state index contributed by atoms with van der Waals surface area (Å²) in [7, 11) is 0. The number of aliphatic carboxylic acids is 1. The molecule has 1 rings (SSSR count). The first-order valence-corrected chi connectivity index (χ1v) is 8.92. The van der Waals surface area contributed by atoms with Gasteiger partial charge in [-0.3, -0.25) is 9.59 Å². The second kappa shape index (κ2) is 10.7. The van der Waals surface area contributed by atoms with E-state index >= 15 is 0 Å². The standard InChI is InChI=1S/C16H23N3O4S/c1-24-8-7-12(18-14(20)10-17)15(21)19-13(16(22)23)9-11-5-3-2-4-6-11/h2-6,12-13H,7-10,17H2,1H3,(H,18,20)(H,19,21)(H,22,23). The van der Waals surface area contributed by atoms with E-state index in [1.165, 1.54) is 11.8 Å². The van der Waals surface area contributed by atoms with E-state index in [2.05, 4.69) is 10.6 Å². The molecule has 1 aromatic rings. The van der Waals surface area contributed by atoms with Crippen molar-refractivity contribution in [3.8, 4) is 0 Å². The van der Waals surface area contributed by atoms with Crippen LogP contribution < -0.4 is 16.4 Å². The smallest absolute Gasteiger partial charge is 0.326 e. The Morgan fingerprint density at radius 1 is 1.17 bits per heavy atom. The van der Waals surface area contributed by atoms with Gasteiger partial charge in [0.25, 0.3) is 0 Å². The summed E-state index contributed by atoms with van der Waals surface area (Å²) in [5.74, 6) is -1.44. The molecule has 0 bridgehead atoms. The minimum absolute atomic E-state index is 0.169. The van der Waals surface area contributed by atoms with Crippen molar-refractivity contribution in [2.45, 2.75) is 24.9 Å². The van der Waals surface area contributed by atoms with Crippen LogP contribution in [-0.2, 0) is 20.8 Å². The molecule has 0 aromatic heterocycles. The van der Waals surface area contributed by atoms with Gasteiger partial charge in [0.2, 0.25) is 11.8 Å². The van der Waals surface area contributed by atoms with Gasteiger partial charge in [-0.25, -0.2) is 4.79 Å². The molecule has 0 aliphatic heterocycles. The Kier molecular flexibility index (Phi) is 8.88. The highest BCUT2D eigenvalue weighted by atomic mass is 32.2. The molecule has 0 saturated heterocycles. The van der Waals surface area contributed by atoms with Gasteiger partial charge in [-0.15, -0.1) is 0 Å². The lowest BCUT2D eigenvalue weighted by Gasteiger charge is -2.21. The van der Waals surface area contributed by atoms with Gasteiger partial charge in [0, 0.05) is 6.42 Å².